The van der Waals surface area contributed by atoms with Gasteiger partial charge in [0, 0.05) is 48.2 Å². The van der Waals surface area contributed by atoms with Gasteiger partial charge in [0.15, 0.2) is 0 Å². The molecular weight excluding hydrogens is 376 g/mol. The van der Waals surface area contributed by atoms with E-state index in [2.05, 4.69) is 27.1 Å². The predicted octanol–water partition coefficient (Wildman–Crippen LogP) is 3.19. The van der Waals surface area contributed by atoms with Crippen LogP contribution in [0.5, 0.6) is 0 Å². The molecule has 0 aliphatic carbocycles. The van der Waals surface area contributed by atoms with Crippen LogP contribution in [0.3, 0.4) is 0 Å². The number of piperazine rings is 1. The molecule has 1 aliphatic rings. The Labute approximate surface area is 167 Å². The van der Waals surface area contributed by atoms with Crippen molar-refractivity contribution in [2.75, 3.05) is 43.4 Å². The van der Waals surface area contributed by atoms with E-state index in [0.717, 1.165) is 31.9 Å². The third-order valence-electron chi connectivity index (χ3n) is 5.05. The van der Waals surface area contributed by atoms with Crippen LogP contribution < -0.4 is 15.8 Å². The molecule has 7 heteroatoms. The first-order chi connectivity index (χ1) is 13.5. The van der Waals surface area contributed by atoms with E-state index in [1.165, 1.54) is 6.07 Å². The molecule has 6 nitrogen and oxygen atoms in total. The third kappa shape index (κ3) is 3.74. The molecule has 0 atom stereocenters. The van der Waals surface area contributed by atoms with Crippen molar-refractivity contribution in [1.82, 2.24) is 9.88 Å². The first-order valence-corrected chi connectivity index (χ1v) is 9.55. The number of H-pyrrole nitrogens is 1. The van der Waals surface area contributed by atoms with Crippen molar-refractivity contribution < 1.29 is 4.79 Å². The lowest BCUT2D eigenvalue weighted by molar-refractivity contribution is 0.102. The maximum Gasteiger partial charge on any atom is 0.256 e. The number of carbonyl (C=O) groups is 1. The number of rotatable bonds is 3. The number of aromatic amines is 1. The molecule has 2 aromatic carbocycles. The Morgan fingerprint density at radius 1 is 1.07 bits per heavy atom. The Balaban J connectivity index is 1.69. The van der Waals surface area contributed by atoms with Gasteiger partial charge < -0.3 is 20.1 Å². The molecule has 1 saturated heterocycles. The summed E-state index contributed by atoms with van der Waals surface area (Å²) in [5.41, 5.74) is 2.23. The summed E-state index contributed by atoms with van der Waals surface area (Å²) in [6.07, 6.45) is 0. The molecule has 0 unspecified atom stereocenters. The highest BCUT2D eigenvalue weighted by atomic mass is 35.5. The summed E-state index contributed by atoms with van der Waals surface area (Å²) in [5, 5.41) is 4.21. The lowest BCUT2D eigenvalue weighted by Crippen LogP contribution is -2.44. The van der Waals surface area contributed by atoms with Gasteiger partial charge >= 0.3 is 0 Å². The molecule has 1 amide bonds. The molecule has 1 aromatic heterocycles. The molecule has 3 aromatic rings. The second-order valence-corrected chi connectivity index (χ2v) is 7.44. The number of aromatic nitrogens is 1. The van der Waals surface area contributed by atoms with Gasteiger partial charge in [-0.3, -0.25) is 9.59 Å². The van der Waals surface area contributed by atoms with E-state index in [-0.39, 0.29) is 11.5 Å². The molecule has 0 saturated carbocycles. The first kappa shape index (κ1) is 18.5. The monoisotopic (exact) mass is 396 g/mol. The third-order valence-corrected chi connectivity index (χ3v) is 5.28. The second-order valence-electron chi connectivity index (χ2n) is 7.00. The van der Waals surface area contributed by atoms with E-state index in [0.29, 0.717) is 27.2 Å². The van der Waals surface area contributed by atoms with Crippen LogP contribution in [0.4, 0.5) is 11.4 Å². The number of fused-ring (bicyclic) bond motifs is 1. The number of halogens is 1. The molecular formula is C21H21ClN4O2. The summed E-state index contributed by atoms with van der Waals surface area (Å²) < 4.78 is 0. The molecule has 144 valence electrons. The smallest absolute Gasteiger partial charge is 0.256 e. The van der Waals surface area contributed by atoms with Gasteiger partial charge in [0.2, 0.25) is 5.56 Å². The average molecular weight is 397 g/mol. The predicted molar refractivity (Wildman–Crippen MR) is 114 cm³/mol. The van der Waals surface area contributed by atoms with Crippen LogP contribution >= 0.6 is 11.6 Å². The number of nitrogens with zero attached hydrogens (tertiary/aromatic N) is 2. The largest absolute Gasteiger partial charge is 0.367 e. The Morgan fingerprint density at radius 2 is 1.82 bits per heavy atom. The van der Waals surface area contributed by atoms with Crippen LogP contribution in [-0.4, -0.2) is 49.0 Å². The molecule has 0 radical (unpaired) electrons. The number of likely N-dealkylation sites (N-methyl/N-ethyl adjacent to an activating group) is 1. The normalized spacial score (nSPS) is 15.0. The SMILES string of the molecule is CN1CCN(c2ccc(Cl)cc2NC(=O)c2cc(=O)[nH]c3ccccc23)CC1. The van der Waals surface area contributed by atoms with E-state index in [9.17, 15) is 9.59 Å². The van der Waals surface area contributed by atoms with Gasteiger partial charge in [0.1, 0.15) is 0 Å². The van der Waals surface area contributed by atoms with Crippen molar-refractivity contribution in [3.05, 3.63) is 69.5 Å². The van der Waals surface area contributed by atoms with Crippen molar-refractivity contribution in [2.24, 2.45) is 0 Å². The summed E-state index contributed by atoms with van der Waals surface area (Å²) in [6.45, 7) is 3.65. The van der Waals surface area contributed by atoms with Crippen LogP contribution in [0.15, 0.2) is 53.3 Å². The maximum atomic E-state index is 13.0. The molecule has 0 spiro atoms. The number of hydrogen-bond acceptors (Lipinski definition) is 4. The number of hydrogen-bond donors (Lipinski definition) is 2. The van der Waals surface area contributed by atoms with Gasteiger partial charge in [0.05, 0.1) is 16.9 Å². The molecule has 0 bridgehead atoms. The minimum absolute atomic E-state index is 0.311. The van der Waals surface area contributed by atoms with Gasteiger partial charge in [-0.2, -0.15) is 0 Å². The van der Waals surface area contributed by atoms with Crippen LogP contribution in [0.25, 0.3) is 10.9 Å². The highest BCUT2D eigenvalue weighted by Gasteiger charge is 2.19. The van der Waals surface area contributed by atoms with Gasteiger partial charge in [-0.15, -0.1) is 0 Å². The average Bonchev–Trinajstić information content (AvgIpc) is 2.68. The highest BCUT2D eigenvalue weighted by Crippen LogP contribution is 2.30. The fourth-order valence-corrected chi connectivity index (χ4v) is 3.69. The Bertz CT molecular complexity index is 1090. The lowest BCUT2D eigenvalue weighted by Gasteiger charge is -2.35. The summed E-state index contributed by atoms with van der Waals surface area (Å²) in [4.78, 5) is 32.3. The zero-order valence-corrected chi connectivity index (χ0v) is 16.3. The molecule has 1 fully saturated rings. The number of amides is 1. The van der Waals surface area contributed by atoms with Gasteiger partial charge in [-0.1, -0.05) is 29.8 Å². The number of anilines is 2. The van der Waals surface area contributed by atoms with Crippen LogP contribution in [-0.2, 0) is 0 Å². The van der Waals surface area contributed by atoms with Crippen molar-refractivity contribution in [1.29, 1.82) is 0 Å². The van der Waals surface area contributed by atoms with E-state index in [1.54, 1.807) is 12.1 Å². The fourth-order valence-electron chi connectivity index (χ4n) is 3.51. The first-order valence-electron chi connectivity index (χ1n) is 9.18. The van der Waals surface area contributed by atoms with Crippen LogP contribution in [0.2, 0.25) is 5.02 Å². The maximum absolute atomic E-state index is 13.0. The fraction of sp³-hybridized carbons (Fsp3) is 0.238. The summed E-state index contributed by atoms with van der Waals surface area (Å²) in [6, 6.07) is 14.1. The quantitative estimate of drug-likeness (QED) is 0.713. The molecule has 28 heavy (non-hydrogen) atoms. The van der Waals surface area contributed by atoms with Crippen LogP contribution in [0.1, 0.15) is 10.4 Å². The zero-order valence-electron chi connectivity index (χ0n) is 15.5. The van der Waals surface area contributed by atoms with Crippen LogP contribution in [0, 0.1) is 0 Å². The molecule has 2 N–H and O–H groups in total. The van der Waals surface area contributed by atoms with Crippen molar-refractivity contribution >= 4 is 39.8 Å². The number of para-hydroxylation sites is 1. The Hall–Kier alpha value is -2.83. The minimum Gasteiger partial charge on any atom is -0.367 e. The molecule has 1 aliphatic heterocycles. The summed E-state index contributed by atoms with van der Waals surface area (Å²) >= 11 is 6.20. The molecule has 4 rings (SSSR count). The molecule has 2 heterocycles. The zero-order chi connectivity index (χ0) is 19.7. The lowest BCUT2D eigenvalue weighted by atomic mass is 10.1. The number of benzene rings is 2. The Kier molecular flexibility index (Phi) is 5.07. The van der Waals surface area contributed by atoms with Crippen molar-refractivity contribution in [3.8, 4) is 0 Å². The summed E-state index contributed by atoms with van der Waals surface area (Å²) in [7, 11) is 2.10. The summed E-state index contributed by atoms with van der Waals surface area (Å²) in [5.74, 6) is -0.333. The van der Waals surface area contributed by atoms with E-state index in [1.807, 2.05) is 30.3 Å². The van der Waals surface area contributed by atoms with Crippen molar-refractivity contribution in [3.63, 3.8) is 0 Å². The Morgan fingerprint density at radius 3 is 2.61 bits per heavy atom. The van der Waals surface area contributed by atoms with Gasteiger partial charge in [0.25, 0.3) is 5.91 Å². The van der Waals surface area contributed by atoms with E-state index >= 15 is 0 Å². The number of pyridine rings is 1. The standard InChI is InChI=1S/C21H21ClN4O2/c1-25-8-10-26(11-9-25)19-7-6-14(22)12-18(19)24-21(28)16-13-20(27)23-17-5-3-2-4-15(16)17/h2-7,12-13H,8-11H2,1H3,(H,23,27)(H,24,28). The minimum atomic E-state index is -0.333. The van der Waals surface area contributed by atoms with E-state index in [4.69, 9.17) is 11.6 Å². The van der Waals surface area contributed by atoms with Gasteiger partial charge in [-0.05, 0) is 31.3 Å². The van der Waals surface area contributed by atoms with Crippen molar-refractivity contribution in [2.45, 2.75) is 0 Å². The highest BCUT2D eigenvalue weighted by molar-refractivity contribution is 6.31. The van der Waals surface area contributed by atoms with Gasteiger partial charge in [-0.25, -0.2) is 0 Å². The topological polar surface area (TPSA) is 68.4 Å². The number of carbonyl (C=O) groups excluding carboxylic acids is 1. The number of nitrogens with one attached hydrogen (secondary N) is 2. The second kappa shape index (κ2) is 7.66. The van der Waals surface area contributed by atoms with E-state index < -0.39 is 0 Å².